The van der Waals surface area contributed by atoms with Gasteiger partial charge in [0.15, 0.2) is 0 Å². The first-order valence-corrected chi connectivity index (χ1v) is 12.2. The average Bonchev–Trinajstić information content (AvgIpc) is 3.26. The molecule has 0 aliphatic heterocycles. The molecule has 0 amide bonds. The first kappa shape index (κ1) is 23.3. The molecule has 3 aromatic rings. The van der Waals surface area contributed by atoms with E-state index in [0.717, 1.165) is 40.7 Å². The van der Waals surface area contributed by atoms with Crippen molar-refractivity contribution in [2.24, 2.45) is 5.10 Å². The molecule has 0 radical (unpaired) electrons. The molecule has 0 atom stereocenters. The summed E-state index contributed by atoms with van der Waals surface area (Å²) in [6.07, 6.45) is 10.6. The minimum atomic E-state index is 0.617. The van der Waals surface area contributed by atoms with Gasteiger partial charge in [-0.05, 0) is 24.6 Å². The van der Waals surface area contributed by atoms with Crippen LogP contribution in [0.4, 0.5) is 5.13 Å². The number of hydrazone groups is 1. The lowest BCUT2D eigenvalue weighted by molar-refractivity contribution is 0.304. The largest absolute Gasteiger partial charge is 0.494 e. The van der Waals surface area contributed by atoms with Crippen molar-refractivity contribution in [3.8, 4) is 17.0 Å². The van der Waals surface area contributed by atoms with Crippen molar-refractivity contribution < 1.29 is 4.74 Å². The van der Waals surface area contributed by atoms with Crippen LogP contribution in [0.25, 0.3) is 11.3 Å². The van der Waals surface area contributed by atoms with Gasteiger partial charge in [0.2, 0.25) is 5.13 Å². The van der Waals surface area contributed by atoms with Crippen LogP contribution in [0.2, 0.25) is 5.02 Å². The summed E-state index contributed by atoms with van der Waals surface area (Å²) in [5.41, 5.74) is 5.83. The van der Waals surface area contributed by atoms with E-state index < -0.39 is 0 Å². The van der Waals surface area contributed by atoms with Crippen molar-refractivity contribution in [2.75, 3.05) is 12.0 Å². The van der Waals surface area contributed by atoms with Gasteiger partial charge in [0.25, 0.3) is 0 Å². The van der Waals surface area contributed by atoms with E-state index in [-0.39, 0.29) is 0 Å². The number of rotatable bonds is 13. The highest BCUT2D eigenvalue weighted by Crippen LogP contribution is 2.25. The number of nitrogens with one attached hydrogen (secondary N) is 1. The highest BCUT2D eigenvalue weighted by molar-refractivity contribution is 7.14. The van der Waals surface area contributed by atoms with Crippen molar-refractivity contribution in [3.05, 3.63) is 64.5 Å². The lowest BCUT2D eigenvalue weighted by atomic mass is 10.1. The number of anilines is 1. The van der Waals surface area contributed by atoms with Gasteiger partial charge in [-0.25, -0.2) is 4.98 Å². The molecule has 0 spiro atoms. The molecule has 3 rings (SSSR count). The van der Waals surface area contributed by atoms with Crippen LogP contribution in [0, 0.1) is 0 Å². The summed E-state index contributed by atoms with van der Waals surface area (Å²) in [5, 5.41) is 7.64. The second-order valence-electron chi connectivity index (χ2n) is 7.43. The molecule has 1 N–H and O–H groups in total. The predicted octanol–water partition coefficient (Wildman–Crippen LogP) is 8.04. The Balaban J connectivity index is 1.42. The summed E-state index contributed by atoms with van der Waals surface area (Å²) in [7, 11) is 0. The topological polar surface area (TPSA) is 46.5 Å². The molecule has 0 saturated heterocycles. The molecule has 1 aromatic heterocycles. The second-order valence-corrected chi connectivity index (χ2v) is 8.69. The van der Waals surface area contributed by atoms with Gasteiger partial charge >= 0.3 is 0 Å². The van der Waals surface area contributed by atoms with E-state index in [4.69, 9.17) is 16.3 Å². The SMILES string of the molecule is CCCCCCCCCOc1ccc(/C=N\Nc2nc(-c3ccccc3)cs2)c(Cl)c1. The zero-order chi connectivity index (χ0) is 21.7. The third-order valence-electron chi connectivity index (χ3n) is 4.93. The minimum Gasteiger partial charge on any atom is -0.494 e. The maximum Gasteiger partial charge on any atom is 0.203 e. The van der Waals surface area contributed by atoms with E-state index in [1.165, 1.54) is 49.9 Å². The van der Waals surface area contributed by atoms with Crippen LogP contribution >= 0.6 is 22.9 Å². The molecule has 2 aromatic carbocycles. The highest BCUT2D eigenvalue weighted by atomic mass is 35.5. The van der Waals surface area contributed by atoms with Gasteiger partial charge in [-0.2, -0.15) is 5.10 Å². The van der Waals surface area contributed by atoms with Crippen molar-refractivity contribution in [1.29, 1.82) is 0 Å². The van der Waals surface area contributed by atoms with E-state index in [9.17, 15) is 0 Å². The zero-order valence-electron chi connectivity index (χ0n) is 18.0. The van der Waals surface area contributed by atoms with Crippen LogP contribution in [0.5, 0.6) is 5.75 Å². The molecule has 0 bridgehead atoms. The van der Waals surface area contributed by atoms with Crippen molar-refractivity contribution in [2.45, 2.75) is 51.9 Å². The fourth-order valence-electron chi connectivity index (χ4n) is 3.18. The third kappa shape index (κ3) is 8.00. The Bertz CT molecular complexity index is 943. The van der Waals surface area contributed by atoms with E-state index >= 15 is 0 Å². The van der Waals surface area contributed by atoms with Crippen molar-refractivity contribution >= 4 is 34.3 Å². The summed E-state index contributed by atoms with van der Waals surface area (Å²) in [6, 6.07) is 15.8. The Hall–Kier alpha value is -2.37. The Labute approximate surface area is 194 Å². The molecule has 0 fully saturated rings. The van der Waals surface area contributed by atoms with Crippen molar-refractivity contribution in [1.82, 2.24) is 4.98 Å². The monoisotopic (exact) mass is 455 g/mol. The molecular weight excluding hydrogens is 426 g/mol. The number of nitrogens with zero attached hydrogens (tertiary/aromatic N) is 2. The fraction of sp³-hybridized carbons (Fsp3) is 0.360. The Kier molecular flexibility index (Phi) is 9.87. The maximum atomic E-state index is 6.39. The van der Waals surface area contributed by atoms with Gasteiger partial charge in [-0.1, -0.05) is 87.4 Å². The molecule has 4 nitrogen and oxygen atoms in total. The minimum absolute atomic E-state index is 0.617. The molecule has 164 valence electrons. The fourth-order valence-corrected chi connectivity index (χ4v) is 4.06. The lowest BCUT2D eigenvalue weighted by Crippen LogP contribution is -1.98. The second kappa shape index (κ2) is 13.1. The molecule has 0 aliphatic rings. The van der Waals surface area contributed by atoms with Gasteiger partial charge in [0.1, 0.15) is 5.75 Å². The van der Waals surface area contributed by atoms with Crippen molar-refractivity contribution in [3.63, 3.8) is 0 Å². The van der Waals surface area contributed by atoms with E-state index in [2.05, 4.69) is 22.4 Å². The van der Waals surface area contributed by atoms with Gasteiger partial charge < -0.3 is 4.74 Å². The summed E-state index contributed by atoms with van der Waals surface area (Å²) in [5.74, 6) is 0.800. The zero-order valence-corrected chi connectivity index (χ0v) is 19.6. The predicted molar refractivity (Wildman–Crippen MR) is 134 cm³/mol. The van der Waals surface area contributed by atoms with Crippen LogP contribution in [0.1, 0.15) is 57.4 Å². The molecule has 0 aliphatic carbocycles. The van der Waals surface area contributed by atoms with E-state index in [1.54, 1.807) is 6.21 Å². The first-order chi connectivity index (χ1) is 15.3. The van der Waals surface area contributed by atoms with Crippen LogP contribution < -0.4 is 10.2 Å². The maximum absolute atomic E-state index is 6.39. The Morgan fingerprint density at radius 3 is 2.58 bits per heavy atom. The summed E-state index contributed by atoms with van der Waals surface area (Å²) in [6.45, 7) is 2.97. The number of unbranched alkanes of at least 4 members (excludes halogenated alkanes) is 6. The Morgan fingerprint density at radius 1 is 1.03 bits per heavy atom. The van der Waals surface area contributed by atoms with Gasteiger partial charge in [-0.3, -0.25) is 5.43 Å². The van der Waals surface area contributed by atoms with Gasteiger partial charge in [0.05, 0.1) is 23.5 Å². The van der Waals surface area contributed by atoms with Crippen LogP contribution in [0.3, 0.4) is 0 Å². The normalized spacial score (nSPS) is 11.2. The molecule has 0 saturated carbocycles. The number of hydrogen-bond donors (Lipinski definition) is 1. The average molecular weight is 456 g/mol. The standard InChI is InChI=1S/C25H30ClN3OS/c1-2-3-4-5-6-7-11-16-30-22-15-14-21(23(26)17-22)18-27-29-25-28-24(19-31-25)20-12-9-8-10-13-20/h8-10,12-15,17-19H,2-7,11,16H2,1H3,(H,28,29)/b27-18-. The quantitative estimate of drug-likeness (QED) is 0.161. The van der Waals surface area contributed by atoms with Crippen LogP contribution in [0.15, 0.2) is 59.0 Å². The molecule has 6 heteroatoms. The van der Waals surface area contributed by atoms with Gasteiger partial charge in [-0.15, -0.1) is 11.3 Å². The molecule has 1 heterocycles. The first-order valence-electron chi connectivity index (χ1n) is 11.0. The summed E-state index contributed by atoms with van der Waals surface area (Å²) < 4.78 is 5.84. The number of thiazole rings is 1. The molecular formula is C25H30ClN3OS. The molecule has 31 heavy (non-hydrogen) atoms. The summed E-state index contributed by atoms with van der Waals surface area (Å²) in [4.78, 5) is 4.56. The van der Waals surface area contributed by atoms with Crippen LogP contribution in [-0.2, 0) is 0 Å². The highest BCUT2D eigenvalue weighted by Gasteiger charge is 2.04. The Morgan fingerprint density at radius 2 is 1.81 bits per heavy atom. The number of aromatic nitrogens is 1. The van der Waals surface area contributed by atoms with Gasteiger partial charge in [0, 0.05) is 16.5 Å². The molecule has 0 unspecified atom stereocenters. The van der Waals surface area contributed by atoms with E-state index in [1.807, 2.05) is 53.9 Å². The third-order valence-corrected chi connectivity index (χ3v) is 6.00. The number of ether oxygens (including phenoxy) is 1. The summed E-state index contributed by atoms with van der Waals surface area (Å²) >= 11 is 7.91. The number of benzene rings is 2. The van der Waals surface area contributed by atoms with E-state index in [0.29, 0.717) is 5.02 Å². The number of halogens is 1. The lowest BCUT2D eigenvalue weighted by Gasteiger charge is -2.07. The smallest absolute Gasteiger partial charge is 0.203 e. The number of hydrogen-bond acceptors (Lipinski definition) is 5. The van der Waals surface area contributed by atoms with Crippen LogP contribution in [-0.4, -0.2) is 17.8 Å².